The largest absolute Gasteiger partial charge is 0.287 e. The summed E-state index contributed by atoms with van der Waals surface area (Å²) >= 11 is 6.16. The number of benzene rings is 1. The normalized spacial score (nSPS) is 14.3. The van der Waals surface area contributed by atoms with Crippen LogP contribution in [0, 0.1) is 0 Å². The van der Waals surface area contributed by atoms with Gasteiger partial charge in [0.25, 0.3) is 0 Å². The molecule has 0 aliphatic heterocycles. The first kappa shape index (κ1) is 12.8. The number of pyridine rings is 1. The monoisotopic (exact) mass is 297 g/mol. The first-order chi connectivity index (χ1) is 10.4. The number of nitrogens with zero attached hydrogens (tertiary/aromatic N) is 3. The van der Waals surface area contributed by atoms with Crippen LogP contribution in [0.1, 0.15) is 29.8 Å². The highest BCUT2D eigenvalue weighted by molar-refractivity contribution is 6.17. The summed E-state index contributed by atoms with van der Waals surface area (Å²) in [6, 6.07) is 10.3. The average Bonchev–Trinajstić information content (AvgIpc) is 2.97. The molecule has 0 saturated heterocycles. The maximum Gasteiger partial charge on any atom is 0.143 e. The second-order valence-electron chi connectivity index (χ2n) is 5.51. The minimum absolute atomic E-state index is 0.458. The molecule has 0 amide bonds. The van der Waals surface area contributed by atoms with E-state index in [0.717, 1.165) is 35.1 Å². The smallest absolute Gasteiger partial charge is 0.143 e. The zero-order chi connectivity index (χ0) is 14.2. The van der Waals surface area contributed by atoms with Gasteiger partial charge in [0.05, 0.1) is 17.1 Å². The molecule has 3 aromatic rings. The van der Waals surface area contributed by atoms with E-state index in [1.807, 2.05) is 24.5 Å². The molecule has 1 aliphatic carbocycles. The van der Waals surface area contributed by atoms with E-state index in [-0.39, 0.29) is 0 Å². The van der Waals surface area contributed by atoms with Crippen LogP contribution >= 0.6 is 11.6 Å². The van der Waals surface area contributed by atoms with Crippen molar-refractivity contribution in [2.24, 2.45) is 0 Å². The standard InChI is InChI=1S/C17H16ClN3/c18-10-13-9-12-5-1-2-6-14(12)20-17(13)21-11-19-15-7-3-4-8-16(15)21/h1-2,5-6,9,11H,3-4,7-8,10H2. The lowest BCUT2D eigenvalue weighted by Crippen LogP contribution is -2.09. The molecule has 0 saturated carbocycles. The third kappa shape index (κ3) is 2.12. The fourth-order valence-corrected chi connectivity index (χ4v) is 3.30. The average molecular weight is 298 g/mol. The van der Waals surface area contributed by atoms with E-state index < -0.39 is 0 Å². The maximum absolute atomic E-state index is 6.16. The fourth-order valence-electron chi connectivity index (χ4n) is 3.11. The molecule has 0 spiro atoms. The molecule has 3 nitrogen and oxygen atoms in total. The second-order valence-corrected chi connectivity index (χ2v) is 5.78. The number of aryl methyl sites for hydroxylation is 1. The Kier molecular flexibility index (Phi) is 3.15. The van der Waals surface area contributed by atoms with E-state index in [4.69, 9.17) is 16.6 Å². The molecule has 0 unspecified atom stereocenters. The molecule has 0 N–H and O–H groups in total. The number of fused-ring (bicyclic) bond motifs is 2. The Morgan fingerprint density at radius 3 is 2.90 bits per heavy atom. The third-order valence-electron chi connectivity index (χ3n) is 4.18. The van der Waals surface area contributed by atoms with E-state index in [1.165, 1.54) is 24.2 Å². The molecule has 0 radical (unpaired) electrons. The highest BCUT2D eigenvalue weighted by Crippen LogP contribution is 2.26. The number of para-hydroxylation sites is 1. The number of hydrogen-bond donors (Lipinski definition) is 0. The van der Waals surface area contributed by atoms with Gasteiger partial charge in [0.1, 0.15) is 12.1 Å². The molecule has 2 aromatic heterocycles. The summed E-state index contributed by atoms with van der Waals surface area (Å²) in [6.45, 7) is 0. The van der Waals surface area contributed by atoms with Crippen molar-refractivity contribution in [3.8, 4) is 5.82 Å². The SMILES string of the molecule is ClCc1cc2ccccc2nc1-n1cnc2c1CCCC2. The van der Waals surface area contributed by atoms with Crippen LogP contribution in [0.3, 0.4) is 0 Å². The van der Waals surface area contributed by atoms with Gasteiger partial charge in [-0.05, 0) is 37.8 Å². The van der Waals surface area contributed by atoms with E-state index in [2.05, 4.69) is 21.7 Å². The van der Waals surface area contributed by atoms with Gasteiger partial charge in [-0.3, -0.25) is 4.57 Å². The van der Waals surface area contributed by atoms with Gasteiger partial charge in [-0.2, -0.15) is 0 Å². The summed E-state index contributed by atoms with van der Waals surface area (Å²) < 4.78 is 2.14. The number of imidazole rings is 1. The van der Waals surface area contributed by atoms with Crippen LogP contribution < -0.4 is 0 Å². The first-order valence-corrected chi connectivity index (χ1v) is 7.90. The maximum atomic E-state index is 6.16. The van der Waals surface area contributed by atoms with Gasteiger partial charge >= 0.3 is 0 Å². The molecule has 21 heavy (non-hydrogen) atoms. The zero-order valence-electron chi connectivity index (χ0n) is 11.7. The van der Waals surface area contributed by atoms with Gasteiger partial charge in [-0.1, -0.05) is 18.2 Å². The van der Waals surface area contributed by atoms with E-state index >= 15 is 0 Å². The molecule has 4 rings (SSSR count). The van der Waals surface area contributed by atoms with Crippen molar-refractivity contribution in [2.45, 2.75) is 31.6 Å². The van der Waals surface area contributed by atoms with Crippen LogP contribution in [-0.2, 0) is 18.7 Å². The summed E-state index contributed by atoms with van der Waals surface area (Å²) in [7, 11) is 0. The number of hydrogen-bond acceptors (Lipinski definition) is 2. The number of rotatable bonds is 2. The number of halogens is 1. The van der Waals surface area contributed by atoms with Crippen molar-refractivity contribution < 1.29 is 0 Å². The Morgan fingerprint density at radius 1 is 1.14 bits per heavy atom. The van der Waals surface area contributed by atoms with E-state index in [9.17, 15) is 0 Å². The van der Waals surface area contributed by atoms with Crippen molar-refractivity contribution in [2.75, 3.05) is 0 Å². The van der Waals surface area contributed by atoms with E-state index in [0.29, 0.717) is 5.88 Å². The summed E-state index contributed by atoms with van der Waals surface area (Å²) in [5.41, 5.74) is 4.58. The molecular formula is C17H16ClN3. The first-order valence-electron chi connectivity index (χ1n) is 7.37. The predicted octanol–water partition coefficient (Wildman–Crippen LogP) is 4.04. The topological polar surface area (TPSA) is 30.7 Å². The van der Waals surface area contributed by atoms with Gasteiger partial charge in [-0.25, -0.2) is 9.97 Å². The Labute approximate surface area is 128 Å². The Morgan fingerprint density at radius 2 is 2.00 bits per heavy atom. The summed E-state index contributed by atoms with van der Waals surface area (Å²) in [5.74, 6) is 1.39. The van der Waals surface area contributed by atoms with Crippen LogP contribution in [0.2, 0.25) is 0 Å². The zero-order valence-corrected chi connectivity index (χ0v) is 12.5. The molecule has 0 atom stereocenters. The summed E-state index contributed by atoms with van der Waals surface area (Å²) in [6.07, 6.45) is 6.51. The predicted molar refractivity (Wildman–Crippen MR) is 85.1 cm³/mol. The minimum Gasteiger partial charge on any atom is -0.287 e. The molecule has 0 fully saturated rings. The Hall–Kier alpha value is -1.87. The summed E-state index contributed by atoms with van der Waals surface area (Å²) in [5, 5.41) is 1.13. The molecule has 4 heteroatoms. The van der Waals surface area contributed by atoms with Crippen LogP contribution in [0.15, 0.2) is 36.7 Å². The minimum atomic E-state index is 0.458. The molecular weight excluding hydrogens is 282 g/mol. The highest BCUT2D eigenvalue weighted by atomic mass is 35.5. The fraction of sp³-hybridized carbons (Fsp3) is 0.294. The van der Waals surface area contributed by atoms with E-state index in [1.54, 1.807) is 0 Å². The van der Waals surface area contributed by atoms with Crippen molar-refractivity contribution in [3.05, 3.63) is 53.6 Å². The number of alkyl halides is 1. The lowest BCUT2D eigenvalue weighted by molar-refractivity contribution is 0.654. The molecule has 2 heterocycles. The van der Waals surface area contributed by atoms with Crippen molar-refractivity contribution in [1.82, 2.24) is 14.5 Å². The van der Waals surface area contributed by atoms with Crippen LogP contribution in [0.25, 0.3) is 16.7 Å². The lowest BCUT2D eigenvalue weighted by atomic mass is 10.0. The Balaban J connectivity index is 1.94. The molecule has 0 bridgehead atoms. The van der Waals surface area contributed by atoms with Crippen LogP contribution in [0.5, 0.6) is 0 Å². The summed E-state index contributed by atoms with van der Waals surface area (Å²) in [4.78, 5) is 9.40. The van der Waals surface area contributed by atoms with Gasteiger partial charge < -0.3 is 0 Å². The quantitative estimate of drug-likeness (QED) is 0.668. The van der Waals surface area contributed by atoms with Gasteiger partial charge in [-0.15, -0.1) is 11.6 Å². The molecule has 1 aromatic carbocycles. The van der Waals surface area contributed by atoms with Crippen molar-refractivity contribution >= 4 is 22.5 Å². The van der Waals surface area contributed by atoms with Gasteiger partial charge in [0.2, 0.25) is 0 Å². The lowest BCUT2D eigenvalue weighted by Gasteiger charge is -2.16. The number of aromatic nitrogens is 3. The van der Waals surface area contributed by atoms with Crippen molar-refractivity contribution in [1.29, 1.82) is 0 Å². The van der Waals surface area contributed by atoms with Gasteiger partial charge in [0, 0.05) is 16.6 Å². The van der Waals surface area contributed by atoms with Crippen LogP contribution in [0.4, 0.5) is 0 Å². The van der Waals surface area contributed by atoms with Gasteiger partial charge in [0.15, 0.2) is 0 Å². The second kappa shape index (κ2) is 5.15. The molecule has 1 aliphatic rings. The van der Waals surface area contributed by atoms with Crippen molar-refractivity contribution in [3.63, 3.8) is 0 Å². The highest BCUT2D eigenvalue weighted by Gasteiger charge is 2.18. The molecule has 106 valence electrons. The third-order valence-corrected chi connectivity index (χ3v) is 4.47. The Bertz CT molecular complexity index is 807. The van der Waals surface area contributed by atoms with Crippen LogP contribution in [-0.4, -0.2) is 14.5 Å².